The predicted molar refractivity (Wildman–Crippen MR) is 55.1 cm³/mol. The van der Waals surface area contributed by atoms with Crippen LogP contribution < -0.4 is 15.8 Å². The molecule has 0 aliphatic carbocycles. The second-order valence-electron chi connectivity index (χ2n) is 2.89. The van der Waals surface area contributed by atoms with E-state index in [-0.39, 0.29) is 6.61 Å². The predicted octanol–water partition coefficient (Wildman–Crippen LogP) is 0.0728. The van der Waals surface area contributed by atoms with E-state index in [2.05, 4.69) is 0 Å². The fraction of sp³-hybridized carbons (Fsp3) is 0.100. The van der Waals surface area contributed by atoms with Crippen molar-refractivity contribution in [2.24, 2.45) is 5.73 Å². The molecule has 1 aromatic carbocycles. The van der Waals surface area contributed by atoms with Gasteiger partial charge in [-0.3, -0.25) is 14.9 Å². The first kappa shape index (κ1) is 11.7. The highest BCUT2D eigenvalue weighted by atomic mass is 16.5. The number of hydrogen-bond acceptors (Lipinski definition) is 4. The third kappa shape index (κ3) is 3.79. The van der Waals surface area contributed by atoms with Crippen molar-refractivity contribution in [2.45, 2.75) is 0 Å². The van der Waals surface area contributed by atoms with Crippen LogP contribution in [0.15, 0.2) is 24.3 Å². The summed E-state index contributed by atoms with van der Waals surface area (Å²) < 4.78 is 5.03. The van der Waals surface area contributed by atoms with Gasteiger partial charge in [0.1, 0.15) is 12.0 Å². The first-order valence-electron chi connectivity index (χ1n) is 4.39. The van der Waals surface area contributed by atoms with Crippen molar-refractivity contribution in [1.29, 1.82) is 0 Å². The van der Waals surface area contributed by atoms with E-state index >= 15 is 0 Å². The number of urea groups is 1. The van der Waals surface area contributed by atoms with Crippen molar-refractivity contribution < 1.29 is 19.1 Å². The highest BCUT2D eigenvalue weighted by Gasteiger charge is 2.05. The maximum absolute atomic E-state index is 11.0. The number of benzene rings is 1. The minimum absolute atomic E-state index is 0.342. The van der Waals surface area contributed by atoms with Gasteiger partial charge in [-0.15, -0.1) is 0 Å². The van der Waals surface area contributed by atoms with Gasteiger partial charge in [0.15, 0.2) is 6.61 Å². The van der Waals surface area contributed by atoms with Crippen molar-refractivity contribution in [3.63, 3.8) is 0 Å². The average molecular weight is 222 g/mol. The first-order chi connectivity index (χ1) is 7.61. The molecule has 0 fully saturated rings. The van der Waals surface area contributed by atoms with Crippen molar-refractivity contribution in [2.75, 3.05) is 6.61 Å². The molecule has 6 nitrogen and oxygen atoms in total. The Morgan fingerprint density at radius 2 is 2.19 bits per heavy atom. The van der Waals surface area contributed by atoms with E-state index in [1.165, 1.54) is 6.07 Å². The Kier molecular flexibility index (Phi) is 4.02. The summed E-state index contributed by atoms with van der Waals surface area (Å²) >= 11 is 0. The molecule has 0 aliphatic rings. The fourth-order valence-corrected chi connectivity index (χ4v) is 1.00. The Labute approximate surface area is 91.4 Å². The minimum Gasteiger partial charge on any atom is -0.484 e. The van der Waals surface area contributed by atoms with Crippen LogP contribution in [-0.2, 0) is 4.79 Å². The number of carbonyl (C=O) groups is 3. The van der Waals surface area contributed by atoms with Gasteiger partial charge >= 0.3 is 6.03 Å². The molecule has 0 atom stereocenters. The molecule has 0 heterocycles. The number of amides is 3. The van der Waals surface area contributed by atoms with Crippen LogP contribution in [0.2, 0.25) is 0 Å². The zero-order valence-electron chi connectivity index (χ0n) is 8.30. The average Bonchev–Trinajstić information content (AvgIpc) is 2.26. The van der Waals surface area contributed by atoms with Crippen LogP contribution in [0.5, 0.6) is 5.75 Å². The third-order valence-electron chi connectivity index (χ3n) is 1.63. The zero-order valence-corrected chi connectivity index (χ0v) is 8.30. The highest BCUT2D eigenvalue weighted by Crippen LogP contribution is 2.11. The molecule has 1 aromatic rings. The van der Waals surface area contributed by atoms with Crippen LogP contribution >= 0.6 is 0 Å². The van der Waals surface area contributed by atoms with Gasteiger partial charge in [0, 0.05) is 5.56 Å². The summed E-state index contributed by atoms with van der Waals surface area (Å²) in [5, 5.41) is 1.85. The SMILES string of the molecule is NC(=O)NC(=O)COc1cccc(C=O)c1. The van der Waals surface area contributed by atoms with Gasteiger partial charge in [0.25, 0.3) is 5.91 Å². The van der Waals surface area contributed by atoms with Gasteiger partial charge in [-0.2, -0.15) is 0 Å². The van der Waals surface area contributed by atoms with Crippen LogP contribution in [0.25, 0.3) is 0 Å². The molecule has 0 saturated carbocycles. The number of imide groups is 1. The van der Waals surface area contributed by atoms with E-state index in [1.54, 1.807) is 18.2 Å². The molecule has 84 valence electrons. The lowest BCUT2D eigenvalue weighted by Crippen LogP contribution is -2.38. The molecule has 3 amide bonds. The van der Waals surface area contributed by atoms with Crippen LogP contribution in [0.3, 0.4) is 0 Å². The summed E-state index contributed by atoms with van der Waals surface area (Å²) in [5.74, 6) is -0.284. The summed E-state index contributed by atoms with van der Waals surface area (Å²) in [6.45, 7) is -0.342. The molecule has 1 rings (SSSR count). The third-order valence-corrected chi connectivity index (χ3v) is 1.63. The Bertz CT molecular complexity index is 417. The minimum atomic E-state index is -0.935. The molecule has 0 radical (unpaired) electrons. The molecule has 0 bridgehead atoms. The monoisotopic (exact) mass is 222 g/mol. The second-order valence-corrected chi connectivity index (χ2v) is 2.89. The lowest BCUT2D eigenvalue weighted by molar-refractivity contribution is -0.121. The molecular weight excluding hydrogens is 212 g/mol. The highest BCUT2D eigenvalue weighted by molar-refractivity contribution is 5.94. The molecule has 6 heteroatoms. The molecule has 16 heavy (non-hydrogen) atoms. The molecule has 0 spiro atoms. The van der Waals surface area contributed by atoms with E-state index < -0.39 is 11.9 Å². The Balaban J connectivity index is 2.51. The second kappa shape index (κ2) is 5.50. The van der Waals surface area contributed by atoms with Crippen molar-refractivity contribution in [3.8, 4) is 5.75 Å². The number of aldehydes is 1. The lowest BCUT2D eigenvalue weighted by atomic mass is 10.2. The molecule has 0 aromatic heterocycles. The van der Waals surface area contributed by atoms with Crippen molar-refractivity contribution in [1.82, 2.24) is 5.32 Å². The fourth-order valence-electron chi connectivity index (χ4n) is 1.00. The summed E-state index contributed by atoms with van der Waals surface area (Å²) in [6.07, 6.45) is 0.663. The first-order valence-corrected chi connectivity index (χ1v) is 4.39. The summed E-state index contributed by atoms with van der Waals surface area (Å²) in [5.41, 5.74) is 5.17. The molecular formula is C10H10N2O4. The Morgan fingerprint density at radius 1 is 1.44 bits per heavy atom. The van der Waals surface area contributed by atoms with Crippen molar-refractivity contribution in [3.05, 3.63) is 29.8 Å². The molecule has 0 unspecified atom stereocenters. The number of ether oxygens (including phenoxy) is 1. The zero-order chi connectivity index (χ0) is 12.0. The quantitative estimate of drug-likeness (QED) is 0.704. The van der Waals surface area contributed by atoms with Crippen LogP contribution in [-0.4, -0.2) is 24.8 Å². The summed E-state index contributed by atoms with van der Waals surface area (Å²) in [4.78, 5) is 31.7. The van der Waals surface area contributed by atoms with Crippen LogP contribution in [0, 0.1) is 0 Å². The van der Waals surface area contributed by atoms with E-state index in [4.69, 9.17) is 10.5 Å². The van der Waals surface area contributed by atoms with Crippen LogP contribution in [0.4, 0.5) is 4.79 Å². The standard InChI is InChI=1S/C10H10N2O4/c11-10(15)12-9(14)6-16-8-3-1-2-7(4-8)5-13/h1-5H,6H2,(H3,11,12,14,15). The van der Waals surface area contributed by atoms with Gasteiger partial charge in [-0.25, -0.2) is 4.79 Å². The number of nitrogens with two attached hydrogens (primary N) is 1. The Morgan fingerprint density at radius 3 is 2.81 bits per heavy atom. The molecule has 0 aliphatic heterocycles. The number of carbonyl (C=O) groups excluding carboxylic acids is 3. The van der Waals surface area contributed by atoms with Gasteiger partial charge < -0.3 is 10.5 Å². The van der Waals surface area contributed by atoms with E-state index in [1.807, 2.05) is 5.32 Å². The number of nitrogens with one attached hydrogen (secondary N) is 1. The maximum atomic E-state index is 11.0. The lowest BCUT2D eigenvalue weighted by Gasteiger charge is -2.05. The van der Waals surface area contributed by atoms with Gasteiger partial charge in [-0.1, -0.05) is 12.1 Å². The number of primary amides is 1. The topological polar surface area (TPSA) is 98.5 Å². The van der Waals surface area contributed by atoms with E-state index in [0.29, 0.717) is 17.6 Å². The summed E-state index contributed by atoms with van der Waals surface area (Å²) in [6, 6.07) is 5.35. The molecule has 3 N–H and O–H groups in total. The van der Waals surface area contributed by atoms with E-state index in [0.717, 1.165) is 0 Å². The van der Waals surface area contributed by atoms with Gasteiger partial charge in [-0.05, 0) is 12.1 Å². The van der Waals surface area contributed by atoms with Gasteiger partial charge in [0.2, 0.25) is 0 Å². The Hall–Kier alpha value is -2.37. The molecule has 0 saturated heterocycles. The maximum Gasteiger partial charge on any atom is 0.318 e. The summed E-state index contributed by atoms with van der Waals surface area (Å²) in [7, 11) is 0. The number of rotatable bonds is 4. The number of hydrogen-bond donors (Lipinski definition) is 2. The normalized spacial score (nSPS) is 9.25. The van der Waals surface area contributed by atoms with Gasteiger partial charge in [0.05, 0.1) is 0 Å². The van der Waals surface area contributed by atoms with Crippen molar-refractivity contribution >= 4 is 18.2 Å². The largest absolute Gasteiger partial charge is 0.484 e. The van der Waals surface area contributed by atoms with Crippen LogP contribution in [0.1, 0.15) is 10.4 Å². The smallest absolute Gasteiger partial charge is 0.318 e. The van der Waals surface area contributed by atoms with E-state index in [9.17, 15) is 14.4 Å².